The SMILES string of the molecule is COC(=O)CC1N=C(c2ccc(Cl)cc2)c2c(sc(C(=O)NCCOCCOCCNC(=O)CN(C)c3cnc4cc(-c5c(C)noc5C)c(OC)cc4c3N(C=O)Cc3ccccn3)c2C)-n2c(C)nnc21. The molecular formula is C51H54ClN11O9S. The van der Waals surface area contributed by atoms with Crippen LogP contribution in [0, 0.1) is 27.7 Å². The quantitative estimate of drug-likeness (QED) is 0.0422. The number of methoxy groups -OCH3 is 2. The number of fused-ring (bicyclic) bond motifs is 4. The summed E-state index contributed by atoms with van der Waals surface area (Å²) in [6.07, 6.45) is 3.99. The zero-order valence-corrected chi connectivity index (χ0v) is 42.9. The number of esters is 1. The molecule has 5 aromatic heterocycles. The van der Waals surface area contributed by atoms with Gasteiger partial charge < -0.3 is 43.9 Å². The molecule has 1 unspecified atom stereocenters. The molecule has 0 radical (unpaired) electrons. The lowest BCUT2D eigenvalue weighted by Gasteiger charge is -2.28. The highest BCUT2D eigenvalue weighted by Gasteiger charge is 2.34. The number of anilines is 2. The van der Waals surface area contributed by atoms with Crippen molar-refractivity contribution in [3.63, 3.8) is 0 Å². The Morgan fingerprint density at radius 2 is 1.68 bits per heavy atom. The van der Waals surface area contributed by atoms with Crippen LogP contribution >= 0.6 is 22.9 Å². The summed E-state index contributed by atoms with van der Waals surface area (Å²) in [6.45, 7) is 8.93. The van der Waals surface area contributed by atoms with E-state index in [1.165, 1.54) is 18.4 Å². The number of thiophene rings is 1. The first-order valence-corrected chi connectivity index (χ1v) is 24.4. The average molecular weight is 1030 g/mol. The van der Waals surface area contributed by atoms with Gasteiger partial charge in [-0.15, -0.1) is 21.5 Å². The molecule has 1 aliphatic rings. The zero-order chi connectivity index (χ0) is 51.8. The van der Waals surface area contributed by atoms with Crippen molar-refractivity contribution in [1.29, 1.82) is 0 Å². The maximum Gasteiger partial charge on any atom is 0.308 e. The van der Waals surface area contributed by atoms with Crippen molar-refractivity contribution in [2.75, 3.05) is 77.1 Å². The standard InChI is InChI=1S/C51H54ClN11O9S/c1-29-44-46(33-11-13-34(52)14-12-33)57-39(24-43(66)69-7)49-59-58-32(4)63(49)51(44)73-48(29)50(67)55-17-19-71-21-20-70-18-16-54-42(65)27-61(5)40-25-56-38-22-37(45-30(2)60-72-31(45)3)41(68-6)23-36(38)47(40)62(28-64)26-35-10-8-9-15-53-35/h8-15,22-23,25,28,39H,16-21,24,26-27H2,1-7H3,(H,54,65)(H,55,67). The van der Waals surface area contributed by atoms with Gasteiger partial charge in [0.25, 0.3) is 5.91 Å². The van der Waals surface area contributed by atoms with Crippen LogP contribution in [0.25, 0.3) is 27.0 Å². The minimum atomic E-state index is -0.688. The number of hydrogen-bond donors (Lipinski definition) is 2. The van der Waals surface area contributed by atoms with E-state index in [0.717, 1.165) is 28.7 Å². The predicted molar refractivity (Wildman–Crippen MR) is 275 cm³/mol. The van der Waals surface area contributed by atoms with E-state index in [0.29, 0.717) is 83.0 Å². The first-order valence-electron chi connectivity index (χ1n) is 23.3. The number of ether oxygens (including phenoxy) is 4. The molecule has 1 aliphatic heterocycles. The van der Waals surface area contributed by atoms with Crippen molar-refractivity contribution in [2.24, 2.45) is 4.99 Å². The van der Waals surface area contributed by atoms with Crippen molar-refractivity contribution in [2.45, 2.75) is 46.7 Å². The van der Waals surface area contributed by atoms with Crippen LogP contribution < -0.4 is 25.2 Å². The molecule has 2 aromatic carbocycles. The molecule has 0 spiro atoms. The van der Waals surface area contributed by atoms with Gasteiger partial charge in [-0.25, -0.2) is 0 Å². The van der Waals surface area contributed by atoms with Gasteiger partial charge in [-0.05, 0) is 69.7 Å². The van der Waals surface area contributed by atoms with Gasteiger partial charge in [0.2, 0.25) is 12.3 Å². The molecule has 20 nitrogen and oxygen atoms in total. The van der Waals surface area contributed by atoms with Gasteiger partial charge in [-0.1, -0.05) is 35.0 Å². The molecule has 22 heteroatoms. The van der Waals surface area contributed by atoms with Crippen LogP contribution in [0.3, 0.4) is 0 Å². The third kappa shape index (κ3) is 11.4. The smallest absolute Gasteiger partial charge is 0.308 e. The number of pyridine rings is 2. The summed E-state index contributed by atoms with van der Waals surface area (Å²) in [5, 5.41) is 20.6. The number of benzene rings is 2. The van der Waals surface area contributed by atoms with Gasteiger partial charge in [0.05, 0.1) is 111 Å². The summed E-state index contributed by atoms with van der Waals surface area (Å²) in [5.41, 5.74) is 7.32. The molecule has 380 valence electrons. The minimum absolute atomic E-state index is 0.0518. The predicted octanol–water partition coefficient (Wildman–Crippen LogP) is 6.46. The van der Waals surface area contributed by atoms with E-state index in [2.05, 4.69) is 31.0 Å². The fourth-order valence-corrected chi connectivity index (χ4v) is 9.99. The van der Waals surface area contributed by atoms with Crippen LogP contribution in [0.15, 0.2) is 76.5 Å². The van der Waals surface area contributed by atoms with Gasteiger partial charge in [0.15, 0.2) is 5.82 Å². The first kappa shape index (κ1) is 51.8. The number of carbonyl (C=O) groups is 4. The zero-order valence-electron chi connectivity index (χ0n) is 41.4. The Bertz CT molecular complexity index is 3160. The van der Waals surface area contributed by atoms with Crippen molar-refractivity contribution in [1.82, 2.24) is 40.5 Å². The summed E-state index contributed by atoms with van der Waals surface area (Å²) < 4.78 is 29.6. The Labute approximate surface area is 429 Å². The van der Waals surface area contributed by atoms with Gasteiger partial charge in [-0.3, -0.25) is 38.7 Å². The van der Waals surface area contributed by atoms with Crippen LogP contribution in [0.1, 0.15) is 67.6 Å². The van der Waals surface area contributed by atoms with E-state index in [-0.39, 0.29) is 70.8 Å². The number of halogens is 1. The fourth-order valence-electron chi connectivity index (χ4n) is 8.58. The molecule has 0 saturated carbocycles. The van der Waals surface area contributed by atoms with E-state index in [4.69, 9.17) is 45.0 Å². The number of amides is 3. The number of rotatable bonds is 22. The van der Waals surface area contributed by atoms with Gasteiger partial charge in [0, 0.05) is 53.4 Å². The molecule has 3 amide bonds. The molecule has 8 rings (SSSR count). The third-order valence-electron chi connectivity index (χ3n) is 12.1. The van der Waals surface area contributed by atoms with Crippen molar-refractivity contribution in [3.05, 3.63) is 122 Å². The van der Waals surface area contributed by atoms with Crippen molar-refractivity contribution >= 4 is 75.1 Å². The maximum absolute atomic E-state index is 13.7. The lowest BCUT2D eigenvalue weighted by molar-refractivity contribution is -0.141. The third-order valence-corrected chi connectivity index (χ3v) is 13.6. The van der Waals surface area contributed by atoms with Crippen LogP contribution in [0.2, 0.25) is 5.02 Å². The number of nitrogens with zero attached hydrogens (tertiary/aromatic N) is 9. The summed E-state index contributed by atoms with van der Waals surface area (Å²) >= 11 is 7.53. The van der Waals surface area contributed by atoms with E-state index in [1.807, 2.05) is 68.7 Å². The Kier molecular flexibility index (Phi) is 16.5. The number of nitrogens with one attached hydrogen (secondary N) is 2. The highest BCUT2D eigenvalue weighted by Crippen LogP contribution is 2.43. The van der Waals surface area contributed by atoms with E-state index >= 15 is 0 Å². The highest BCUT2D eigenvalue weighted by atomic mass is 35.5. The fraction of sp³-hybridized carbons (Fsp3) is 0.333. The van der Waals surface area contributed by atoms with E-state index in [9.17, 15) is 19.2 Å². The summed E-state index contributed by atoms with van der Waals surface area (Å²) in [6, 6.07) is 15.7. The first-order chi connectivity index (χ1) is 35.3. The largest absolute Gasteiger partial charge is 0.496 e. The second-order valence-corrected chi connectivity index (χ2v) is 18.4. The minimum Gasteiger partial charge on any atom is -0.496 e. The van der Waals surface area contributed by atoms with Gasteiger partial charge in [0.1, 0.15) is 28.4 Å². The van der Waals surface area contributed by atoms with Crippen molar-refractivity contribution < 1.29 is 42.6 Å². The van der Waals surface area contributed by atoms with Crippen LogP contribution in [-0.2, 0) is 35.1 Å². The highest BCUT2D eigenvalue weighted by molar-refractivity contribution is 7.17. The van der Waals surface area contributed by atoms with Crippen molar-refractivity contribution in [3.8, 4) is 21.9 Å². The Morgan fingerprint density at radius 1 is 0.932 bits per heavy atom. The Morgan fingerprint density at radius 3 is 2.36 bits per heavy atom. The number of likely N-dealkylation sites (N-methyl/N-ethyl adjacent to an activating group) is 1. The lowest BCUT2D eigenvalue weighted by atomic mass is 9.99. The van der Waals surface area contributed by atoms with Crippen LogP contribution in [0.5, 0.6) is 5.75 Å². The van der Waals surface area contributed by atoms with Gasteiger partial charge in [-0.2, -0.15) is 0 Å². The number of aliphatic imine (C=N–C) groups is 1. The molecule has 2 N–H and O–H groups in total. The second-order valence-electron chi connectivity index (χ2n) is 17.0. The maximum atomic E-state index is 13.7. The molecule has 0 saturated heterocycles. The Hall–Kier alpha value is -7.59. The van der Waals surface area contributed by atoms with Gasteiger partial charge >= 0.3 is 5.97 Å². The summed E-state index contributed by atoms with van der Waals surface area (Å²) in [4.78, 5) is 70.4. The summed E-state index contributed by atoms with van der Waals surface area (Å²) in [5.74, 6) is 1.19. The molecular weight excluding hydrogens is 978 g/mol. The van der Waals surface area contributed by atoms with E-state index < -0.39 is 12.0 Å². The monoisotopic (exact) mass is 1030 g/mol. The molecule has 73 heavy (non-hydrogen) atoms. The summed E-state index contributed by atoms with van der Waals surface area (Å²) in [7, 11) is 4.65. The molecule has 0 fully saturated rings. The Balaban J connectivity index is 0.841. The molecule has 0 bridgehead atoms. The second kappa shape index (κ2) is 23.3. The number of aromatic nitrogens is 6. The molecule has 0 aliphatic carbocycles. The molecule has 7 aromatic rings. The topological polar surface area (TPSA) is 231 Å². The lowest BCUT2D eigenvalue weighted by Crippen LogP contribution is -2.37. The van der Waals surface area contributed by atoms with Crippen LogP contribution in [-0.4, -0.2) is 127 Å². The van der Waals surface area contributed by atoms with Crippen LogP contribution in [0.4, 0.5) is 11.4 Å². The average Bonchev–Trinajstić information content (AvgIpc) is 4.03. The number of carbonyl (C=O) groups excluding carboxylic acids is 4. The normalized spacial score (nSPS) is 12.9. The van der Waals surface area contributed by atoms with E-state index in [1.54, 1.807) is 54.6 Å². The molecule has 6 heterocycles. The number of aryl methyl sites for hydroxylation is 3. The molecule has 1 atom stereocenters. The number of hydrogen-bond acceptors (Lipinski definition) is 17.